The van der Waals surface area contributed by atoms with Crippen LogP contribution in [-0.2, 0) is 10.0 Å². The molecule has 8 nitrogen and oxygen atoms in total. The van der Waals surface area contributed by atoms with Crippen molar-refractivity contribution in [2.24, 2.45) is 0 Å². The van der Waals surface area contributed by atoms with Crippen LogP contribution in [0.1, 0.15) is 48.2 Å². The molecule has 0 spiro atoms. The monoisotopic (exact) mass is 557 g/mol. The number of piperazine rings is 1. The molecule has 0 saturated carbocycles. The van der Waals surface area contributed by atoms with Crippen molar-refractivity contribution in [2.75, 3.05) is 57.3 Å². The highest BCUT2D eigenvalue weighted by Crippen LogP contribution is 2.32. The van der Waals surface area contributed by atoms with Gasteiger partial charge in [0.15, 0.2) is 5.13 Å². The van der Waals surface area contributed by atoms with Crippen molar-refractivity contribution in [2.45, 2.75) is 45.4 Å². The molecule has 1 amide bonds. The Labute approximate surface area is 230 Å². The molecule has 1 aliphatic heterocycles. The predicted octanol–water partition coefficient (Wildman–Crippen LogP) is 4.28. The number of thiazole rings is 1. The van der Waals surface area contributed by atoms with Crippen molar-refractivity contribution in [1.29, 1.82) is 0 Å². The first-order valence-electron chi connectivity index (χ1n) is 13.5. The maximum absolute atomic E-state index is 12.9. The second kappa shape index (κ2) is 12.5. The normalized spacial score (nSPS) is 14.9. The summed E-state index contributed by atoms with van der Waals surface area (Å²) in [6.45, 7) is 14.1. The molecule has 3 aromatic rings. The van der Waals surface area contributed by atoms with Crippen molar-refractivity contribution in [1.82, 2.24) is 19.5 Å². The molecule has 10 heteroatoms. The fourth-order valence-corrected chi connectivity index (χ4v) is 7.68. The summed E-state index contributed by atoms with van der Waals surface area (Å²) >= 11 is 1.76. The average molecular weight is 558 g/mol. The number of hydrogen-bond donors (Lipinski definition) is 1. The number of amides is 1. The van der Waals surface area contributed by atoms with Gasteiger partial charge in [-0.1, -0.05) is 31.3 Å². The van der Waals surface area contributed by atoms with Gasteiger partial charge in [0.25, 0.3) is 5.91 Å². The van der Waals surface area contributed by atoms with Gasteiger partial charge in [-0.3, -0.25) is 9.69 Å². The zero-order valence-corrected chi connectivity index (χ0v) is 24.5. The quantitative estimate of drug-likeness (QED) is 0.379. The van der Waals surface area contributed by atoms with Crippen molar-refractivity contribution >= 4 is 42.6 Å². The number of aromatic nitrogens is 1. The molecule has 1 saturated heterocycles. The molecule has 206 valence electrons. The second-order valence-electron chi connectivity index (χ2n) is 9.94. The zero-order chi connectivity index (χ0) is 27.3. The van der Waals surface area contributed by atoms with Gasteiger partial charge in [0, 0.05) is 57.9 Å². The largest absolute Gasteiger partial charge is 0.351 e. The minimum Gasteiger partial charge on any atom is -0.351 e. The van der Waals surface area contributed by atoms with E-state index in [1.807, 2.05) is 13.8 Å². The number of nitrogens with zero attached hydrogens (tertiary/aromatic N) is 4. The van der Waals surface area contributed by atoms with E-state index in [2.05, 4.69) is 41.1 Å². The van der Waals surface area contributed by atoms with Gasteiger partial charge in [-0.05, 0) is 68.1 Å². The van der Waals surface area contributed by atoms with Gasteiger partial charge in [-0.15, -0.1) is 0 Å². The van der Waals surface area contributed by atoms with E-state index in [-0.39, 0.29) is 10.8 Å². The predicted molar refractivity (Wildman–Crippen MR) is 156 cm³/mol. The number of hydrogen-bond acceptors (Lipinski definition) is 7. The lowest BCUT2D eigenvalue weighted by Crippen LogP contribution is -2.48. The molecule has 0 bridgehead atoms. The number of anilines is 1. The lowest BCUT2D eigenvalue weighted by Gasteiger charge is -2.34. The van der Waals surface area contributed by atoms with Crippen LogP contribution in [0.15, 0.2) is 41.3 Å². The topological polar surface area (TPSA) is 85.8 Å². The van der Waals surface area contributed by atoms with E-state index in [0.29, 0.717) is 25.2 Å². The highest BCUT2D eigenvalue weighted by molar-refractivity contribution is 7.89. The number of carbonyl (C=O) groups excluding carboxylic acids is 1. The number of rotatable bonds is 11. The summed E-state index contributed by atoms with van der Waals surface area (Å²) in [6.07, 6.45) is 1.52. The molecule has 1 N–H and O–H groups in total. The Balaban J connectivity index is 1.25. The number of carbonyl (C=O) groups is 1. The van der Waals surface area contributed by atoms with E-state index in [1.165, 1.54) is 32.3 Å². The van der Waals surface area contributed by atoms with Crippen molar-refractivity contribution < 1.29 is 13.2 Å². The van der Waals surface area contributed by atoms with Crippen LogP contribution in [0.2, 0.25) is 0 Å². The van der Waals surface area contributed by atoms with Crippen molar-refractivity contribution in [3.8, 4) is 0 Å². The van der Waals surface area contributed by atoms with Gasteiger partial charge in [0.05, 0.1) is 15.1 Å². The third-order valence-corrected chi connectivity index (χ3v) is 9.85. The molecule has 0 unspecified atom stereocenters. The summed E-state index contributed by atoms with van der Waals surface area (Å²) in [5, 5.41) is 4.06. The average Bonchev–Trinajstić information content (AvgIpc) is 3.33. The molecule has 0 atom stereocenters. The first kappa shape index (κ1) is 28.5. The SMILES string of the molecule is CCCN(CCC)S(=O)(=O)c1ccc(C(=O)NCCN2CCN(c3nc4c(C)cc(C)cc4s3)CC2)cc1. The fraction of sp³-hybridized carbons (Fsp3) is 0.500. The van der Waals surface area contributed by atoms with E-state index in [4.69, 9.17) is 4.98 Å². The van der Waals surface area contributed by atoms with Crippen LogP contribution in [0, 0.1) is 13.8 Å². The molecule has 1 aliphatic rings. The van der Waals surface area contributed by atoms with Crippen molar-refractivity contribution in [3.63, 3.8) is 0 Å². The summed E-state index contributed by atoms with van der Waals surface area (Å²) in [5.74, 6) is -0.188. The van der Waals surface area contributed by atoms with E-state index in [0.717, 1.165) is 56.2 Å². The van der Waals surface area contributed by atoms with Gasteiger partial charge in [0.1, 0.15) is 0 Å². The Hall–Kier alpha value is -2.53. The highest BCUT2D eigenvalue weighted by atomic mass is 32.2. The standard InChI is InChI=1S/C28H39N5O3S2/c1-5-12-33(13-6-2)38(35,36)24-9-7-23(8-10-24)27(34)29-11-14-31-15-17-32(18-16-31)28-30-26-22(4)19-21(3)20-25(26)37-28/h7-10,19-20H,5-6,11-18H2,1-4H3,(H,29,34). The number of nitrogens with one attached hydrogen (secondary N) is 1. The Morgan fingerprint density at radius 1 is 1.03 bits per heavy atom. The molecule has 2 aromatic carbocycles. The molecule has 1 aromatic heterocycles. The lowest BCUT2D eigenvalue weighted by molar-refractivity contribution is 0.0947. The first-order valence-corrected chi connectivity index (χ1v) is 15.7. The Kier molecular flexibility index (Phi) is 9.40. The van der Waals surface area contributed by atoms with E-state index in [1.54, 1.807) is 23.5 Å². The van der Waals surface area contributed by atoms with Crippen LogP contribution in [0.4, 0.5) is 5.13 Å². The van der Waals surface area contributed by atoms with E-state index >= 15 is 0 Å². The Bertz CT molecular complexity index is 1340. The molecule has 38 heavy (non-hydrogen) atoms. The van der Waals surface area contributed by atoms with Gasteiger partial charge < -0.3 is 10.2 Å². The maximum Gasteiger partial charge on any atom is 0.251 e. The summed E-state index contributed by atoms with van der Waals surface area (Å²) in [4.78, 5) is 22.5. The Morgan fingerprint density at radius 3 is 2.32 bits per heavy atom. The smallest absolute Gasteiger partial charge is 0.251 e. The van der Waals surface area contributed by atoms with E-state index < -0.39 is 10.0 Å². The van der Waals surface area contributed by atoms with Crippen LogP contribution in [0.25, 0.3) is 10.2 Å². The van der Waals surface area contributed by atoms with Crippen LogP contribution in [0.3, 0.4) is 0 Å². The van der Waals surface area contributed by atoms with Crippen LogP contribution in [0.5, 0.6) is 0 Å². The maximum atomic E-state index is 12.9. The molecule has 4 rings (SSSR count). The fourth-order valence-electron chi connectivity index (χ4n) is 4.86. The third kappa shape index (κ3) is 6.54. The molecular weight excluding hydrogens is 518 g/mol. The van der Waals surface area contributed by atoms with Crippen LogP contribution < -0.4 is 10.2 Å². The van der Waals surface area contributed by atoms with Gasteiger partial charge in [0.2, 0.25) is 10.0 Å². The van der Waals surface area contributed by atoms with Crippen LogP contribution in [-0.4, -0.2) is 80.9 Å². The molecular formula is C28H39N5O3S2. The molecule has 0 radical (unpaired) electrons. The third-order valence-electron chi connectivity index (χ3n) is 6.88. The molecule has 2 heterocycles. The Morgan fingerprint density at radius 2 is 1.68 bits per heavy atom. The lowest BCUT2D eigenvalue weighted by atomic mass is 10.1. The van der Waals surface area contributed by atoms with E-state index in [9.17, 15) is 13.2 Å². The highest BCUT2D eigenvalue weighted by Gasteiger charge is 2.24. The molecule has 0 aliphatic carbocycles. The van der Waals surface area contributed by atoms with Crippen molar-refractivity contribution in [3.05, 3.63) is 53.1 Å². The molecule has 1 fully saturated rings. The number of benzene rings is 2. The minimum atomic E-state index is -3.55. The van der Waals surface area contributed by atoms with Gasteiger partial charge >= 0.3 is 0 Å². The minimum absolute atomic E-state index is 0.188. The number of sulfonamides is 1. The summed E-state index contributed by atoms with van der Waals surface area (Å²) in [5.41, 5.74) is 4.06. The van der Waals surface area contributed by atoms with Gasteiger partial charge in [-0.2, -0.15) is 4.31 Å². The van der Waals surface area contributed by atoms with Crippen LogP contribution >= 0.6 is 11.3 Å². The summed E-state index contributed by atoms with van der Waals surface area (Å²) < 4.78 is 28.6. The first-order chi connectivity index (χ1) is 18.2. The number of fused-ring (bicyclic) bond motifs is 1. The number of aryl methyl sites for hydroxylation is 2. The van der Waals surface area contributed by atoms with Gasteiger partial charge in [-0.25, -0.2) is 13.4 Å². The zero-order valence-electron chi connectivity index (χ0n) is 22.9. The second-order valence-corrected chi connectivity index (χ2v) is 12.9. The summed E-state index contributed by atoms with van der Waals surface area (Å²) in [6, 6.07) is 10.7. The summed E-state index contributed by atoms with van der Waals surface area (Å²) in [7, 11) is -3.55.